The SMILES string of the molecule is O=C(O)C1CN(Cc2cscn2)C(=O)N1. The molecule has 1 saturated heterocycles. The summed E-state index contributed by atoms with van der Waals surface area (Å²) in [5.74, 6) is -1.01. The van der Waals surface area contributed by atoms with Gasteiger partial charge in [0.1, 0.15) is 6.04 Å². The smallest absolute Gasteiger partial charge is 0.328 e. The fraction of sp³-hybridized carbons (Fsp3) is 0.375. The molecular formula is C8H9N3O3S. The van der Waals surface area contributed by atoms with Crippen molar-refractivity contribution in [3.63, 3.8) is 0 Å². The largest absolute Gasteiger partial charge is 0.480 e. The normalized spacial score (nSPS) is 20.4. The Balaban J connectivity index is 2.00. The molecule has 80 valence electrons. The summed E-state index contributed by atoms with van der Waals surface area (Å²) in [4.78, 5) is 27.5. The Kier molecular flexibility index (Phi) is 2.55. The lowest BCUT2D eigenvalue weighted by atomic mass is 10.3. The summed E-state index contributed by atoms with van der Waals surface area (Å²) >= 11 is 1.45. The summed E-state index contributed by atoms with van der Waals surface area (Å²) in [5.41, 5.74) is 2.46. The Hall–Kier alpha value is -1.63. The van der Waals surface area contributed by atoms with Gasteiger partial charge in [0, 0.05) is 5.38 Å². The summed E-state index contributed by atoms with van der Waals surface area (Å²) in [5, 5.41) is 12.9. The van der Waals surface area contributed by atoms with Crippen LogP contribution in [-0.2, 0) is 11.3 Å². The van der Waals surface area contributed by atoms with Crippen LogP contribution >= 0.6 is 11.3 Å². The van der Waals surface area contributed by atoms with E-state index >= 15 is 0 Å². The van der Waals surface area contributed by atoms with Crippen LogP contribution in [-0.4, -0.2) is 39.6 Å². The van der Waals surface area contributed by atoms with Gasteiger partial charge in [-0.15, -0.1) is 11.3 Å². The number of nitrogens with zero attached hydrogens (tertiary/aromatic N) is 2. The van der Waals surface area contributed by atoms with Crippen LogP contribution in [0.15, 0.2) is 10.9 Å². The lowest BCUT2D eigenvalue weighted by molar-refractivity contribution is -0.138. The van der Waals surface area contributed by atoms with Crippen molar-refractivity contribution in [1.29, 1.82) is 0 Å². The zero-order valence-corrected chi connectivity index (χ0v) is 8.53. The number of thiazole rings is 1. The zero-order chi connectivity index (χ0) is 10.8. The highest BCUT2D eigenvalue weighted by molar-refractivity contribution is 7.07. The van der Waals surface area contributed by atoms with Crippen LogP contribution in [0, 0.1) is 0 Å². The average molecular weight is 227 g/mol. The highest BCUT2D eigenvalue weighted by atomic mass is 32.1. The molecule has 7 heteroatoms. The number of aliphatic carboxylic acids is 1. The van der Waals surface area contributed by atoms with E-state index in [4.69, 9.17) is 5.11 Å². The molecular weight excluding hydrogens is 218 g/mol. The molecule has 2 rings (SSSR count). The number of rotatable bonds is 3. The Labute approximate surface area is 89.5 Å². The molecule has 6 nitrogen and oxygen atoms in total. The first kappa shape index (κ1) is 9.91. The molecule has 2 N–H and O–H groups in total. The van der Waals surface area contributed by atoms with E-state index in [1.807, 2.05) is 5.38 Å². The fourth-order valence-corrected chi connectivity index (χ4v) is 1.93. The van der Waals surface area contributed by atoms with E-state index in [1.54, 1.807) is 5.51 Å². The molecule has 1 fully saturated rings. The maximum absolute atomic E-state index is 11.3. The summed E-state index contributed by atoms with van der Waals surface area (Å²) in [6.45, 7) is 0.546. The second kappa shape index (κ2) is 3.85. The van der Waals surface area contributed by atoms with Crippen molar-refractivity contribution in [2.24, 2.45) is 0 Å². The number of carboxylic acid groups (broad SMARTS) is 1. The van der Waals surface area contributed by atoms with Crippen molar-refractivity contribution in [2.45, 2.75) is 12.6 Å². The molecule has 0 aliphatic carbocycles. The van der Waals surface area contributed by atoms with Crippen molar-refractivity contribution < 1.29 is 14.7 Å². The minimum absolute atomic E-state index is 0.186. The number of hydrogen-bond donors (Lipinski definition) is 2. The molecule has 0 spiro atoms. The molecule has 1 aliphatic rings. The average Bonchev–Trinajstić information content (AvgIpc) is 2.77. The standard InChI is InChI=1S/C8H9N3O3S/c12-7(13)6-2-11(8(14)10-6)1-5-3-15-4-9-5/h3-4,6H,1-2H2,(H,10,14)(H,12,13). The predicted molar refractivity (Wildman–Crippen MR) is 52.5 cm³/mol. The van der Waals surface area contributed by atoms with Gasteiger partial charge in [0.05, 0.1) is 24.3 Å². The second-order valence-electron chi connectivity index (χ2n) is 3.20. The number of amides is 2. The minimum atomic E-state index is -1.01. The molecule has 1 aromatic heterocycles. The van der Waals surface area contributed by atoms with Gasteiger partial charge in [-0.2, -0.15) is 0 Å². The Morgan fingerprint density at radius 1 is 1.80 bits per heavy atom. The van der Waals surface area contributed by atoms with Gasteiger partial charge < -0.3 is 15.3 Å². The van der Waals surface area contributed by atoms with Crippen molar-refractivity contribution in [1.82, 2.24) is 15.2 Å². The van der Waals surface area contributed by atoms with Gasteiger partial charge in [-0.05, 0) is 0 Å². The molecule has 1 atom stereocenters. The van der Waals surface area contributed by atoms with Crippen LogP contribution < -0.4 is 5.32 Å². The van der Waals surface area contributed by atoms with Gasteiger partial charge in [0.15, 0.2) is 0 Å². The van der Waals surface area contributed by atoms with Crippen molar-refractivity contribution in [3.05, 3.63) is 16.6 Å². The monoisotopic (exact) mass is 227 g/mol. The quantitative estimate of drug-likeness (QED) is 0.768. The number of carbonyl (C=O) groups is 2. The second-order valence-corrected chi connectivity index (χ2v) is 3.92. The van der Waals surface area contributed by atoms with Crippen LogP contribution in [0.5, 0.6) is 0 Å². The lowest BCUT2D eigenvalue weighted by Crippen LogP contribution is -2.33. The van der Waals surface area contributed by atoms with E-state index in [-0.39, 0.29) is 12.6 Å². The van der Waals surface area contributed by atoms with Gasteiger partial charge >= 0.3 is 12.0 Å². The minimum Gasteiger partial charge on any atom is -0.480 e. The summed E-state index contributed by atoms with van der Waals surface area (Å²) in [6.07, 6.45) is 0. The van der Waals surface area contributed by atoms with Crippen LogP contribution in [0.3, 0.4) is 0 Å². The third-order valence-corrected chi connectivity index (χ3v) is 2.76. The van der Waals surface area contributed by atoms with E-state index in [0.717, 1.165) is 5.69 Å². The van der Waals surface area contributed by atoms with Crippen molar-refractivity contribution >= 4 is 23.3 Å². The summed E-state index contributed by atoms with van der Waals surface area (Å²) in [6, 6.07) is -1.16. The van der Waals surface area contributed by atoms with Gasteiger partial charge in [-0.25, -0.2) is 14.6 Å². The lowest BCUT2D eigenvalue weighted by Gasteiger charge is -2.11. The molecule has 1 aliphatic heterocycles. The maximum Gasteiger partial charge on any atom is 0.328 e. The highest BCUT2D eigenvalue weighted by Gasteiger charge is 2.33. The number of hydrogen-bond acceptors (Lipinski definition) is 4. The summed E-state index contributed by atoms with van der Waals surface area (Å²) in [7, 11) is 0. The van der Waals surface area contributed by atoms with Crippen LogP contribution in [0.2, 0.25) is 0 Å². The fourth-order valence-electron chi connectivity index (χ4n) is 1.38. The molecule has 2 amide bonds. The van der Waals surface area contributed by atoms with E-state index in [9.17, 15) is 9.59 Å². The van der Waals surface area contributed by atoms with Crippen LogP contribution in [0.1, 0.15) is 5.69 Å². The molecule has 1 unspecified atom stereocenters. The number of carbonyl (C=O) groups excluding carboxylic acids is 1. The number of carboxylic acids is 1. The number of nitrogens with one attached hydrogen (secondary N) is 1. The van der Waals surface area contributed by atoms with E-state index in [2.05, 4.69) is 10.3 Å². The third-order valence-electron chi connectivity index (χ3n) is 2.12. The highest BCUT2D eigenvalue weighted by Crippen LogP contribution is 2.10. The first-order valence-corrected chi connectivity index (χ1v) is 5.26. The third kappa shape index (κ3) is 2.07. The topological polar surface area (TPSA) is 82.5 Å². The molecule has 2 heterocycles. The molecule has 0 bridgehead atoms. The first-order chi connectivity index (χ1) is 7.16. The number of aromatic nitrogens is 1. The van der Waals surface area contributed by atoms with Gasteiger partial charge in [0.25, 0.3) is 0 Å². The molecule has 0 radical (unpaired) electrons. The zero-order valence-electron chi connectivity index (χ0n) is 7.71. The Morgan fingerprint density at radius 3 is 3.13 bits per heavy atom. The summed E-state index contributed by atoms with van der Waals surface area (Å²) < 4.78 is 0. The Bertz CT molecular complexity index is 378. The van der Waals surface area contributed by atoms with Crippen molar-refractivity contribution in [3.8, 4) is 0 Å². The molecule has 15 heavy (non-hydrogen) atoms. The predicted octanol–water partition coefficient (Wildman–Crippen LogP) is 0.121. The van der Waals surface area contributed by atoms with Crippen LogP contribution in [0.4, 0.5) is 4.79 Å². The van der Waals surface area contributed by atoms with Gasteiger partial charge in [-0.3, -0.25) is 0 Å². The van der Waals surface area contributed by atoms with Gasteiger partial charge in [0.2, 0.25) is 0 Å². The molecule has 0 aromatic carbocycles. The van der Waals surface area contributed by atoms with E-state index in [1.165, 1.54) is 16.2 Å². The number of urea groups is 1. The first-order valence-electron chi connectivity index (χ1n) is 4.32. The van der Waals surface area contributed by atoms with Crippen LogP contribution in [0.25, 0.3) is 0 Å². The maximum atomic E-state index is 11.3. The molecule has 0 saturated carbocycles. The molecule has 1 aromatic rings. The van der Waals surface area contributed by atoms with Crippen molar-refractivity contribution in [2.75, 3.05) is 6.54 Å². The van der Waals surface area contributed by atoms with E-state index in [0.29, 0.717) is 6.54 Å². The van der Waals surface area contributed by atoms with Gasteiger partial charge in [-0.1, -0.05) is 0 Å². The van der Waals surface area contributed by atoms with E-state index < -0.39 is 12.0 Å². The Morgan fingerprint density at radius 2 is 2.60 bits per heavy atom.